The van der Waals surface area contributed by atoms with Gasteiger partial charge in [0.2, 0.25) is 0 Å². The maximum Gasteiger partial charge on any atom is 0.107 e. The van der Waals surface area contributed by atoms with Crippen molar-refractivity contribution in [3.05, 3.63) is 0 Å². The molecular weight excluding hydrogens is 236 g/mol. The molecule has 3 nitrogen and oxygen atoms in total. The van der Waals surface area contributed by atoms with Gasteiger partial charge >= 0.3 is 0 Å². The summed E-state index contributed by atoms with van der Waals surface area (Å²) in [5, 5.41) is 9.16. The average Bonchev–Trinajstić information content (AvgIpc) is 2.80. The number of nitrogens with two attached hydrogens (primary N) is 1. The molecule has 110 valence electrons. The van der Waals surface area contributed by atoms with Gasteiger partial charge in [-0.3, -0.25) is 0 Å². The van der Waals surface area contributed by atoms with E-state index < -0.39 is 5.54 Å². The van der Waals surface area contributed by atoms with Crippen molar-refractivity contribution in [2.45, 2.75) is 70.8 Å². The van der Waals surface area contributed by atoms with Crippen LogP contribution in [0, 0.1) is 23.2 Å². The van der Waals surface area contributed by atoms with Gasteiger partial charge in [-0.2, -0.15) is 5.26 Å². The molecule has 0 spiro atoms. The van der Waals surface area contributed by atoms with Gasteiger partial charge in [0, 0.05) is 13.2 Å². The van der Waals surface area contributed by atoms with Crippen molar-refractivity contribution in [2.75, 3.05) is 13.2 Å². The predicted molar refractivity (Wildman–Crippen MR) is 78.6 cm³/mol. The summed E-state index contributed by atoms with van der Waals surface area (Å²) < 4.78 is 5.82. The molecule has 1 fully saturated rings. The zero-order valence-electron chi connectivity index (χ0n) is 12.7. The summed E-state index contributed by atoms with van der Waals surface area (Å²) >= 11 is 0. The second-order valence-corrected chi connectivity index (χ2v) is 6.02. The molecule has 1 rings (SSSR count). The standard InChI is InChI=1S/C16H30N2O/c1-3-5-7-14(4-2)12-19-11-9-15-8-6-10-16(15,18)13-17/h14-15H,3-12,18H2,1-2H3. The Hall–Kier alpha value is -0.590. The smallest absolute Gasteiger partial charge is 0.107 e. The molecule has 0 amide bonds. The van der Waals surface area contributed by atoms with E-state index in [0.29, 0.717) is 11.8 Å². The quantitative estimate of drug-likeness (QED) is 0.648. The van der Waals surface area contributed by atoms with Gasteiger partial charge in [0.25, 0.3) is 0 Å². The fraction of sp³-hybridized carbons (Fsp3) is 0.938. The van der Waals surface area contributed by atoms with Gasteiger partial charge in [0.05, 0.1) is 6.07 Å². The van der Waals surface area contributed by atoms with Gasteiger partial charge < -0.3 is 10.5 Å². The zero-order chi connectivity index (χ0) is 14.1. The molecule has 0 aromatic carbocycles. The van der Waals surface area contributed by atoms with Crippen molar-refractivity contribution < 1.29 is 4.74 Å². The Morgan fingerprint density at radius 2 is 2.26 bits per heavy atom. The second-order valence-electron chi connectivity index (χ2n) is 6.02. The highest BCUT2D eigenvalue weighted by molar-refractivity contribution is 5.11. The van der Waals surface area contributed by atoms with Gasteiger partial charge in [0.15, 0.2) is 0 Å². The zero-order valence-corrected chi connectivity index (χ0v) is 12.7. The van der Waals surface area contributed by atoms with Gasteiger partial charge in [-0.1, -0.05) is 39.5 Å². The number of hydrogen-bond donors (Lipinski definition) is 1. The molecule has 3 unspecified atom stereocenters. The molecule has 0 aromatic heterocycles. The number of nitriles is 1. The Morgan fingerprint density at radius 3 is 2.89 bits per heavy atom. The minimum Gasteiger partial charge on any atom is -0.381 e. The monoisotopic (exact) mass is 266 g/mol. The lowest BCUT2D eigenvalue weighted by Gasteiger charge is -2.24. The summed E-state index contributed by atoms with van der Waals surface area (Å²) in [6, 6.07) is 2.30. The molecule has 3 heteroatoms. The SMILES string of the molecule is CCCCC(CC)COCCC1CCCC1(N)C#N. The van der Waals surface area contributed by atoms with Crippen molar-refractivity contribution in [1.29, 1.82) is 5.26 Å². The maximum atomic E-state index is 9.16. The van der Waals surface area contributed by atoms with Crippen LogP contribution in [0.15, 0.2) is 0 Å². The molecule has 0 heterocycles. The molecule has 19 heavy (non-hydrogen) atoms. The number of hydrogen-bond acceptors (Lipinski definition) is 3. The molecule has 0 aromatic rings. The summed E-state index contributed by atoms with van der Waals surface area (Å²) in [6.45, 7) is 6.10. The average molecular weight is 266 g/mol. The van der Waals surface area contributed by atoms with E-state index in [1.807, 2.05) is 0 Å². The van der Waals surface area contributed by atoms with Gasteiger partial charge in [-0.05, 0) is 37.5 Å². The maximum absolute atomic E-state index is 9.16. The molecule has 3 atom stereocenters. The highest BCUT2D eigenvalue weighted by Gasteiger charge is 2.39. The molecule has 0 saturated heterocycles. The third-order valence-corrected chi connectivity index (χ3v) is 4.59. The van der Waals surface area contributed by atoms with Crippen molar-refractivity contribution in [2.24, 2.45) is 17.6 Å². The summed E-state index contributed by atoms with van der Waals surface area (Å²) in [6.07, 6.45) is 8.99. The van der Waals surface area contributed by atoms with Crippen LogP contribution in [0.25, 0.3) is 0 Å². The summed E-state index contributed by atoms with van der Waals surface area (Å²) in [7, 11) is 0. The molecule has 1 aliphatic carbocycles. The molecule has 0 radical (unpaired) electrons. The van der Waals surface area contributed by atoms with Crippen LogP contribution in [0.3, 0.4) is 0 Å². The van der Waals surface area contributed by atoms with Crippen LogP contribution in [-0.2, 0) is 4.74 Å². The van der Waals surface area contributed by atoms with Crippen LogP contribution < -0.4 is 5.73 Å². The van der Waals surface area contributed by atoms with E-state index in [1.165, 1.54) is 25.7 Å². The first-order valence-corrected chi connectivity index (χ1v) is 7.94. The summed E-state index contributed by atoms with van der Waals surface area (Å²) in [5.74, 6) is 1.02. The molecule has 1 saturated carbocycles. The van der Waals surface area contributed by atoms with Crippen LogP contribution >= 0.6 is 0 Å². The van der Waals surface area contributed by atoms with E-state index in [2.05, 4.69) is 19.9 Å². The topological polar surface area (TPSA) is 59.0 Å². The van der Waals surface area contributed by atoms with Crippen LogP contribution in [0.1, 0.15) is 65.2 Å². The van der Waals surface area contributed by atoms with Crippen molar-refractivity contribution in [3.8, 4) is 6.07 Å². The van der Waals surface area contributed by atoms with Crippen LogP contribution in [-0.4, -0.2) is 18.8 Å². The minimum atomic E-state index is -0.588. The normalized spacial score (nSPS) is 28.2. The first kappa shape index (κ1) is 16.5. The fourth-order valence-electron chi connectivity index (χ4n) is 3.03. The largest absolute Gasteiger partial charge is 0.381 e. The van der Waals surface area contributed by atoms with E-state index in [-0.39, 0.29) is 0 Å². The van der Waals surface area contributed by atoms with Crippen molar-refractivity contribution in [3.63, 3.8) is 0 Å². The number of ether oxygens (including phenoxy) is 1. The number of rotatable bonds is 9. The molecule has 2 N–H and O–H groups in total. The summed E-state index contributed by atoms with van der Waals surface area (Å²) in [4.78, 5) is 0. The lowest BCUT2D eigenvalue weighted by Crippen LogP contribution is -2.42. The Balaban J connectivity index is 2.18. The Morgan fingerprint density at radius 1 is 1.47 bits per heavy atom. The lowest BCUT2D eigenvalue weighted by atomic mass is 9.87. The minimum absolute atomic E-state index is 0.327. The second kappa shape index (κ2) is 8.55. The van der Waals surface area contributed by atoms with Crippen molar-refractivity contribution >= 4 is 0 Å². The fourth-order valence-corrected chi connectivity index (χ4v) is 3.03. The first-order chi connectivity index (χ1) is 9.16. The highest BCUT2D eigenvalue weighted by Crippen LogP contribution is 2.35. The van der Waals surface area contributed by atoms with Crippen molar-refractivity contribution in [1.82, 2.24) is 0 Å². The van der Waals surface area contributed by atoms with E-state index in [9.17, 15) is 0 Å². The third-order valence-electron chi connectivity index (χ3n) is 4.59. The van der Waals surface area contributed by atoms with E-state index in [0.717, 1.165) is 38.9 Å². The van der Waals surface area contributed by atoms with Gasteiger partial charge in [0.1, 0.15) is 5.54 Å². The van der Waals surface area contributed by atoms with Crippen LogP contribution in [0.4, 0.5) is 0 Å². The molecule has 0 bridgehead atoms. The lowest BCUT2D eigenvalue weighted by molar-refractivity contribution is 0.0803. The van der Waals surface area contributed by atoms with Crippen LogP contribution in [0.2, 0.25) is 0 Å². The van der Waals surface area contributed by atoms with Gasteiger partial charge in [-0.15, -0.1) is 0 Å². The Labute approximate surface area is 118 Å². The van der Waals surface area contributed by atoms with E-state index in [1.54, 1.807) is 0 Å². The molecular formula is C16H30N2O. The first-order valence-electron chi connectivity index (χ1n) is 7.94. The Kier molecular flexibility index (Phi) is 7.41. The van der Waals surface area contributed by atoms with Crippen LogP contribution in [0.5, 0.6) is 0 Å². The van der Waals surface area contributed by atoms with E-state index >= 15 is 0 Å². The predicted octanol–water partition coefficient (Wildman–Crippen LogP) is 3.63. The highest BCUT2D eigenvalue weighted by atomic mass is 16.5. The Bertz CT molecular complexity index is 287. The van der Waals surface area contributed by atoms with Gasteiger partial charge in [-0.25, -0.2) is 0 Å². The number of unbranched alkanes of at least 4 members (excludes halogenated alkanes) is 1. The summed E-state index contributed by atoms with van der Waals surface area (Å²) in [5.41, 5.74) is 5.53. The molecule has 1 aliphatic rings. The van der Waals surface area contributed by atoms with E-state index in [4.69, 9.17) is 15.7 Å². The third kappa shape index (κ3) is 5.12. The number of nitrogens with zero attached hydrogens (tertiary/aromatic N) is 1. The molecule has 0 aliphatic heterocycles.